The van der Waals surface area contributed by atoms with E-state index in [1.807, 2.05) is 6.07 Å². The molecule has 0 spiro atoms. The SMILES string of the molecule is Brc1ccc(Cc2ccccc2)c(Br)c1. The fraction of sp³-hybridized carbons (Fsp3) is 0.0769. The minimum absolute atomic E-state index is 0.967. The van der Waals surface area contributed by atoms with Crippen molar-refractivity contribution >= 4 is 31.9 Å². The molecule has 0 radical (unpaired) electrons. The lowest BCUT2D eigenvalue weighted by molar-refractivity contribution is 1.18. The summed E-state index contributed by atoms with van der Waals surface area (Å²) in [6.07, 6.45) is 0.967. The lowest BCUT2D eigenvalue weighted by atomic mass is 10.1. The summed E-state index contributed by atoms with van der Waals surface area (Å²) in [6.45, 7) is 0. The zero-order chi connectivity index (χ0) is 10.7. The van der Waals surface area contributed by atoms with Crippen molar-refractivity contribution in [1.29, 1.82) is 0 Å². The predicted molar refractivity (Wildman–Crippen MR) is 71.1 cm³/mol. The monoisotopic (exact) mass is 324 g/mol. The van der Waals surface area contributed by atoms with E-state index in [1.54, 1.807) is 0 Å². The van der Waals surface area contributed by atoms with Crippen LogP contribution >= 0.6 is 31.9 Å². The van der Waals surface area contributed by atoms with Crippen LogP contribution in [0.3, 0.4) is 0 Å². The van der Waals surface area contributed by atoms with Crippen molar-refractivity contribution in [1.82, 2.24) is 0 Å². The molecule has 2 aromatic rings. The third kappa shape index (κ3) is 2.93. The first-order valence-electron chi connectivity index (χ1n) is 4.73. The van der Waals surface area contributed by atoms with Crippen molar-refractivity contribution in [3.63, 3.8) is 0 Å². The number of halogens is 2. The van der Waals surface area contributed by atoms with E-state index in [9.17, 15) is 0 Å². The highest BCUT2D eigenvalue weighted by Crippen LogP contribution is 2.23. The molecule has 0 bridgehead atoms. The van der Waals surface area contributed by atoms with Gasteiger partial charge in [0.05, 0.1) is 0 Å². The van der Waals surface area contributed by atoms with Crippen LogP contribution in [0.5, 0.6) is 0 Å². The number of hydrogen-bond donors (Lipinski definition) is 0. The average molecular weight is 326 g/mol. The van der Waals surface area contributed by atoms with Gasteiger partial charge in [-0.15, -0.1) is 0 Å². The van der Waals surface area contributed by atoms with Crippen molar-refractivity contribution in [2.75, 3.05) is 0 Å². The van der Waals surface area contributed by atoms with Crippen LogP contribution in [0, 0.1) is 0 Å². The van der Waals surface area contributed by atoms with Gasteiger partial charge in [0.15, 0.2) is 0 Å². The Labute approximate surface area is 107 Å². The van der Waals surface area contributed by atoms with Crippen LogP contribution in [0.2, 0.25) is 0 Å². The van der Waals surface area contributed by atoms with E-state index in [4.69, 9.17) is 0 Å². The van der Waals surface area contributed by atoms with E-state index in [2.05, 4.69) is 74.3 Å². The maximum absolute atomic E-state index is 3.57. The minimum atomic E-state index is 0.967. The Morgan fingerprint density at radius 2 is 1.60 bits per heavy atom. The lowest BCUT2D eigenvalue weighted by Crippen LogP contribution is -1.88. The highest BCUT2D eigenvalue weighted by atomic mass is 79.9. The summed E-state index contributed by atoms with van der Waals surface area (Å²) in [5.41, 5.74) is 2.64. The van der Waals surface area contributed by atoms with E-state index < -0.39 is 0 Å². The molecule has 2 aromatic carbocycles. The summed E-state index contributed by atoms with van der Waals surface area (Å²) in [6, 6.07) is 16.8. The fourth-order valence-corrected chi connectivity index (χ4v) is 2.67. The second-order valence-electron chi connectivity index (χ2n) is 3.40. The van der Waals surface area contributed by atoms with E-state index in [0.29, 0.717) is 0 Å². The summed E-state index contributed by atoms with van der Waals surface area (Å²) in [5.74, 6) is 0. The molecule has 0 aliphatic heterocycles. The molecule has 0 aliphatic rings. The molecule has 15 heavy (non-hydrogen) atoms. The zero-order valence-electron chi connectivity index (χ0n) is 8.08. The van der Waals surface area contributed by atoms with E-state index in [-0.39, 0.29) is 0 Å². The summed E-state index contributed by atoms with van der Waals surface area (Å²) in [4.78, 5) is 0. The molecule has 0 fully saturated rings. The maximum Gasteiger partial charge on any atom is 0.0221 e. The fourth-order valence-electron chi connectivity index (χ4n) is 1.48. The molecule has 76 valence electrons. The number of hydrogen-bond acceptors (Lipinski definition) is 0. The van der Waals surface area contributed by atoms with Crippen LogP contribution < -0.4 is 0 Å². The summed E-state index contributed by atoms with van der Waals surface area (Å²) in [5, 5.41) is 0. The van der Waals surface area contributed by atoms with Crippen molar-refractivity contribution in [2.45, 2.75) is 6.42 Å². The molecule has 0 saturated heterocycles. The molecule has 0 saturated carbocycles. The standard InChI is InChI=1S/C13H10Br2/c14-12-7-6-11(13(15)9-12)8-10-4-2-1-3-5-10/h1-7,9H,8H2. The van der Waals surface area contributed by atoms with Gasteiger partial charge < -0.3 is 0 Å². The Balaban J connectivity index is 2.25. The Kier molecular flexibility index (Phi) is 3.60. The molecule has 0 nitrogen and oxygen atoms in total. The Bertz CT molecular complexity index is 449. The van der Waals surface area contributed by atoms with Gasteiger partial charge in [0.2, 0.25) is 0 Å². The van der Waals surface area contributed by atoms with Crippen molar-refractivity contribution in [2.24, 2.45) is 0 Å². The van der Waals surface area contributed by atoms with Gasteiger partial charge in [-0.05, 0) is 29.7 Å². The molecule has 0 heterocycles. The molecule has 2 heteroatoms. The van der Waals surface area contributed by atoms with Gasteiger partial charge in [0.1, 0.15) is 0 Å². The van der Waals surface area contributed by atoms with Crippen molar-refractivity contribution < 1.29 is 0 Å². The first-order valence-corrected chi connectivity index (χ1v) is 6.32. The minimum Gasteiger partial charge on any atom is -0.0622 e. The Morgan fingerprint density at radius 1 is 0.867 bits per heavy atom. The van der Waals surface area contributed by atoms with Gasteiger partial charge in [0, 0.05) is 8.95 Å². The molecule has 0 aliphatic carbocycles. The largest absolute Gasteiger partial charge is 0.0622 e. The van der Waals surface area contributed by atoms with Crippen LogP contribution in [0.1, 0.15) is 11.1 Å². The quantitative estimate of drug-likeness (QED) is 0.743. The van der Waals surface area contributed by atoms with Gasteiger partial charge in [0.25, 0.3) is 0 Å². The maximum atomic E-state index is 3.57. The highest BCUT2D eigenvalue weighted by molar-refractivity contribution is 9.11. The third-order valence-corrected chi connectivity index (χ3v) is 3.48. The normalized spacial score (nSPS) is 10.3. The Hall–Kier alpha value is -0.600. The van der Waals surface area contributed by atoms with E-state index in [0.717, 1.165) is 15.4 Å². The van der Waals surface area contributed by atoms with Crippen LogP contribution in [0.4, 0.5) is 0 Å². The second kappa shape index (κ2) is 4.95. The smallest absolute Gasteiger partial charge is 0.0221 e. The van der Waals surface area contributed by atoms with Gasteiger partial charge in [-0.2, -0.15) is 0 Å². The molecule has 0 amide bonds. The summed E-state index contributed by atoms with van der Waals surface area (Å²) in [7, 11) is 0. The zero-order valence-corrected chi connectivity index (χ0v) is 11.3. The van der Waals surface area contributed by atoms with Crippen LogP contribution in [-0.2, 0) is 6.42 Å². The molecular weight excluding hydrogens is 316 g/mol. The van der Waals surface area contributed by atoms with Gasteiger partial charge in [-0.3, -0.25) is 0 Å². The second-order valence-corrected chi connectivity index (χ2v) is 5.17. The van der Waals surface area contributed by atoms with Crippen LogP contribution in [0.25, 0.3) is 0 Å². The number of benzene rings is 2. The van der Waals surface area contributed by atoms with Crippen LogP contribution in [0.15, 0.2) is 57.5 Å². The lowest BCUT2D eigenvalue weighted by Gasteiger charge is -2.05. The molecule has 0 N–H and O–H groups in total. The Morgan fingerprint density at radius 3 is 2.27 bits per heavy atom. The molecule has 2 rings (SSSR count). The summed E-state index contributed by atoms with van der Waals surface area (Å²) >= 11 is 7.03. The molecule has 0 unspecified atom stereocenters. The first-order chi connectivity index (χ1) is 7.25. The van der Waals surface area contributed by atoms with Gasteiger partial charge in [-0.25, -0.2) is 0 Å². The predicted octanol–water partition coefficient (Wildman–Crippen LogP) is 4.80. The van der Waals surface area contributed by atoms with Gasteiger partial charge >= 0.3 is 0 Å². The average Bonchev–Trinajstić information content (AvgIpc) is 2.24. The third-order valence-electron chi connectivity index (χ3n) is 2.25. The van der Waals surface area contributed by atoms with E-state index >= 15 is 0 Å². The van der Waals surface area contributed by atoms with E-state index in [1.165, 1.54) is 11.1 Å². The van der Waals surface area contributed by atoms with Crippen molar-refractivity contribution in [3.05, 3.63) is 68.6 Å². The molecule has 0 aromatic heterocycles. The van der Waals surface area contributed by atoms with Crippen LogP contribution in [-0.4, -0.2) is 0 Å². The summed E-state index contributed by atoms with van der Waals surface area (Å²) < 4.78 is 2.26. The molecule has 0 atom stereocenters. The van der Waals surface area contributed by atoms with Crippen molar-refractivity contribution in [3.8, 4) is 0 Å². The first kappa shape index (κ1) is 10.9. The molecular formula is C13H10Br2. The number of rotatable bonds is 2. The highest BCUT2D eigenvalue weighted by Gasteiger charge is 2.01. The van der Waals surface area contributed by atoms with Gasteiger partial charge in [-0.1, -0.05) is 68.3 Å². The topological polar surface area (TPSA) is 0 Å².